The smallest absolute Gasteiger partial charge is 0.183 e. The fourth-order valence-electron chi connectivity index (χ4n) is 1.65. The lowest BCUT2D eigenvalue weighted by Gasteiger charge is -2.00. The normalized spacial score (nSPS) is 11.0. The molecule has 0 saturated heterocycles. The number of hydrogen-bond acceptors (Lipinski definition) is 4. The van der Waals surface area contributed by atoms with Gasteiger partial charge in [0.05, 0.1) is 5.02 Å². The molecule has 0 amide bonds. The number of fused-ring (bicyclic) bond motifs is 1. The first kappa shape index (κ1) is 11.4. The Kier molecular flexibility index (Phi) is 2.68. The molecule has 0 bridgehead atoms. The first-order valence-corrected chi connectivity index (χ1v) is 6.24. The summed E-state index contributed by atoms with van der Waals surface area (Å²) in [5.41, 5.74) is 7.67. The second kappa shape index (κ2) is 4.22. The minimum atomic E-state index is 0.366. The first-order valence-electron chi connectivity index (χ1n) is 5.07. The molecule has 3 N–H and O–H groups in total. The quantitative estimate of drug-likeness (QED) is 0.721. The van der Waals surface area contributed by atoms with Crippen molar-refractivity contribution >= 4 is 44.5 Å². The molecule has 3 rings (SSSR count). The molecule has 0 fully saturated rings. The van der Waals surface area contributed by atoms with Gasteiger partial charge in [0.2, 0.25) is 0 Å². The maximum absolute atomic E-state index is 6.15. The number of nitrogens with two attached hydrogens (primary N) is 1. The van der Waals surface area contributed by atoms with Crippen molar-refractivity contribution in [1.82, 2.24) is 19.9 Å². The van der Waals surface area contributed by atoms with Crippen molar-refractivity contribution in [1.29, 1.82) is 0 Å². The Hall–Kier alpha value is -1.66. The summed E-state index contributed by atoms with van der Waals surface area (Å²) in [6, 6.07) is 5.54. The van der Waals surface area contributed by atoms with Crippen LogP contribution in [0.1, 0.15) is 0 Å². The monoisotopic (exact) mass is 323 g/mol. The summed E-state index contributed by atoms with van der Waals surface area (Å²) in [5, 5.41) is 0.601. The van der Waals surface area contributed by atoms with Gasteiger partial charge in [0.1, 0.15) is 17.7 Å². The number of halogens is 2. The summed E-state index contributed by atoms with van der Waals surface area (Å²) in [4.78, 5) is 15.4. The number of imidazole rings is 1. The lowest BCUT2D eigenvalue weighted by Crippen LogP contribution is -1.91. The van der Waals surface area contributed by atoms with Gasteiger partial charge >= 0.3 is 0 Å². The highest BCUT2D eigenvalue weighted by Gasteiger charge is 2.12. The number of aromatic nitrogens is 4. The van der Waals surface area contributed by atoms with Gasteiger partial charge in [-0.2, -0.15) is 0 Å². The van der Waals surface area contributed by atoms with E-state index in [1.54, 1.807) is 6.07 Å². The molecule has 3 aromatic rings. The van der Waals surface area contributed by atoms with E-state index in [0.717, 1.165) is 10.0 Å². The van der Waals surface area contributed by atoms with Gasteiger partial charge < -0.3 is 10.7 Å². The van der Waals surface area contributed by atoms with Crippen LogP contribution in [0.3, 0.4) is 0 Å². The Labute approximate surface area is 116 Å². The van der Waals surface area contributed by atoms with Crippen molar-refractivity contribution in [3.8, 4) is 11.4 Å². The zero-order valence-corrected chi connectivity index (χ0v) is 11.3. The average molecular weight is 325 g/mol. The second-order valence-electron chi connectivity index (χ2n) is 3.67. The minimum absolute atomic E-state index is 0.366. The minimum Gasteiger partial charge on any atom is -0.382 e. The SMILES string of the molecule is Nc1ncnc2nc(-c3cc(Br)ccc3Cl)[nH]c12. The van der Waals surface area contributed by atoms with Gasteiger partial charge in [0.25, 0.3) is 0 Å². The molecule has 0 aliphatic carbocycles. The topological polar surface area (TPSA) is 80.5 Å². The van der Waals surface area contributed by atoms with Crippen LogP contribution < -0.4 is 5.73 Å². The molecule has 18 heavy (non-hydrogen) atoms. The third kappa shape index (κ3) is 1.83. The number of nitrogens with zero attached hydrogens (tertiary/aromatic N) is 3. The van der Waals surface area contributed by atoms with Crippen LogP contribution in [-0.2, 0) is 0 Å². The Morgan fingerprint density at radius 1 is 1.28 bits per heavy atom. The van der Waals surface area contributed by atoms with E-state index in [1.807, 2.05) is 12.1 Å². The van der Waals surface area contributed by atoms with Crippen LogP contribution in [-0.4, -0.2) is 19.9 Å². The van der Waals surface area contributed by atoms with Crippen LogP contribution in [0.15, 0.2) is 29.0 Å². The lowest BCUT2D eigenvalue weighted by molar-refractivity contribution is 1.21. The zero-order chi connectivity index (χ0) is 12.7. The number of anilines is 1. The molecule has 0 radical (unpaired) electrons. The van der Waals surface area contributed by atoms with E-state index in [1.165, 1.54) is 6.33 Å². The molecule has 0 spiro atoms. The van der Waals surface area contributed by atoms with Crippen molar-refractivity contribution in [2.45, 2.75) is 0 Å². The van der Waals surface area contributed by atoms with E-state index in [2.05, 4.69) is 35.9 Å². The highest BCUT2D eigenvalue weighted by Crippen LogP contribution is 2.30. The van der Waals surface area contributed by atoms with Gasteiger partial charge in [-0.25, -0.2) is 15.0 Å². The molecule has 2 aromatic heterocycles. The van der Waals surface area contributed by atoms with E-state index in [4.69, 9.17) is 17.3 Å². The summed E-state index contributed by atoms with van der Waals surface area (Å²) < 4.78 is 0.918. The van der Waals surface area contributed by atoms with Crippen molar-refractivity contribution < 1.29 is 0 Å². The Bertz CT molecular complexity index is 739. The summed E-state index contributed by atoms with van der Waals surface area (Å²) in [5.74, 6) is 0.980. The van der Waals surface area contributed by atoms with Gasteiger partial charge in [0.15, 0.2) is 11.5 Å². The van der Waals surface area contributed by atoms with E-state index in [0.29, 0.717) is 27.8 Å². The fourth-order valence-corrected chi connectivity index (χ4v) is 2.22. The number of hydrogen-bond donors (Lipinski definition) is 2. The van der Waals surface area contributed by atoms with Crippen molar-refractivity contribution in [2.24, 2.45) is 0 Å². The first-order chi connectivity index (χ1) is 8.65. The second-order valence-corrected chi connectivity index (χ2v) is 4.99. The number of rotatable bonds is 1. The van der Waals surface area contributed by atoms with Crippen molar-refractivity contribution in [3.05, 3.63) is 34.0 Å². The van der Waals surface area contributed by atoms with Crippen LogP contribution >= 0.6 is 27.5 Å². The van der Waals surface area contributed by atoms with Crippen LogP contribution in [0, 0.1) is 0 Å². The van der Waals surface area contributed by atoms with Crippen LogP contribution in [0.25, 0.3) is 22.6 Å². The van der Waals surface area contributed by atoms with Gasteiger partial charge in [-0.05, 0) is 18.2 Å². The van der Waals surface area contributed by atoms with Crippen LogP contribution in [0.2, 0.25) is 5.02 Å². The summed E-state index contributed by atoms with van der Waals surface area (Å²) in [7, 11) is 0. The van der Waals surface area contributed by atoms with E-state index >= 15 is 0 Å². The van der Waals surface area contributed by atoms with Gasteiger partial charge in [0, 0.05) is 10.0 Å². The molecule has 1 aromatic carbocycles. The number of aromatic amines is 1. The van der Waals surface area contributed by atoms with E-state index in [-0.39, 0.29) is 0 Å². The fraction of sp³-hybridized carbons (Fsp3) is 0. The van der Waals surface area contributed by atoms with Crippen molar-refractivity contribution in [3.63, 3.8) is 0 Å². The van der Waals surface area contributed by atoms with Crippen LogP contribution in [0.4, 0.5) is 5.82 Å². The van der Waals surface area contributed by atoms with E-state index < -0.39 is 0 Å². The Balaban J connectivity index is 2.26. The molecule has 7 heteroatoms. The maximum atomic E-state index is 6.15. The highest BCUT2D eigenvalue weighted by atomic mass is 79.9. The van der Waals surface area contributed by atoms with Gasteiger partial charge in [-0.1, -0.05) is 27.5 Å². The van der Waals surface area contributed by atoms with Gasteiger partial charge in [-0.15, -0.1) is 0 Å². The number of H-pyrrole nitrogens is 1. The zero-order valence-electron chi connectivity index (χ0n) is 8.98. The third-order valence-corrected chi connectivity index (χ3v) is 3.32. The van der Waals surface area contributed by atoms with Crippen LogP contribution in [0.5, 0.6) is 0 Å². The van der Waals surface area contributed by atoms with Gasteiger partial charge in [-0.3, -0.25) is 0 Å². The third-order valence-electron chi connectivity index (χ3n) is 2.50. The standard InChI is InChI=1S/C11H7BrClN5/c12-5-1-2-7(13)6(3-5)10-17-8-9(14)15-4-16-11(8)18-10/h1-4H,(H3,14,15,16,17,18). The maximum Gasteiger partial charge on any atom is 0.183 e. The number of nitrogens with one attached hydrogen (secondary N) is 1. The molecule has 0 aliphatic heterocycles. The van der Waals surface area contributed by atoms with E-state index in [9.17, 15) is 0 Å². The molecule has 2 heterocycles. The summed E-state index contributed by atoms with van der Waals surface area (Å²) >= 11 is 9.55. The predicted octanol–water partition coefficient (Wildman–Crippen LogP) is 3.02. The molecule has 0 atom stereocenters. The lowest BCUT2D eigenvalue weighted by atomic mass is 10.2. The number of benzene rings is 1. The Morgan fingerprint density at radius 3 is 2.89 bits per heavy atom. The summed E-state index contributed by atoms with van der Waals surface area (Å²) in [6.45, 7) is 0. The van der Waals surface area contributed by atoms with Crippen molar-refractivity contribution in [2.75, 3.05) is 5.73 Å². The largest absolute Gasteiger partial charge is 0.382 e. The number of nitrogen functional groups attached to an aromatic ring is 1. The Morgan fingerprint density at radius 2 is 2.11 bits per heavy atom. The molecule has 5 nitrogen and oxygen atoms in total. The summed E-state index contributed by atoms with van der Waals surface area (Å²) in [6.07, 6.45) is 1.38. The predicted molar refractivity (Wildman–Crippen MR) is 74.2 cm³/mol. The molecule has 0 aliphatic rings. The molecule has 0 saturated carbocycles. The molecular weight excluding hydrogens is 318 g/mol. The molecular formula is C11H7BrClN5. The highest BCUT2D eigenvalue weighted by molar-refractivity contribution is 9.10. The molecule has 90 valence electrons. The molecule has 0 unspecified atom stereocenters. The average Bonchev–Trinajstić information content (AvgIpc) is 2.77.